The number of nitrogens with one attached hydrogen (secondary N) is 2. The molecule has 2 aliphatic rings. The lowest BCUT2D eigenvalue weighted by Gasteiger charge is -2.27. The van der Waals surface area contributed by atoms with Crippen molar-refractivity contribution < 1.29 is 14.4 Å². The molecule has 2 saturated heterocycles. The van der Waals surface area contributed by atoms with Gasteiger partial charge in [0.15, 0.2) is 0 Å². The van der Waals surface area contributed by atoms with Gasteiger partial charge in [0.05, 0.1) is 12.3 Å². The second-order valence-electron chi connectivity index (χ2n) is 5.25. The van der Waals surface area contributed by atoms with Crippen LogP contribution in [0, 0.1) is 11.8 Å². The van der Waals surface area contributed by atoms with Crippen LogP contribution >= 0.6 is 0 Å². The third-order valence-electron chi connectivity index (χ3n) is 3.64. The smallest absolute Gasteiger partial charge is 0.252 e. The molecule has 3 unspecified atom stereocenters. The van der Waals surface area contributed by atoms with Crippen molar-refractivity contribution >= 4 is 17.7 Å². The van der Waals surface area contributed by atoms with Crippen LogP contribution in [0.1, 0.15) is 19.8 Å². The number of hydrogen-bond acceptors (Lipinski definition) is 4. The van der Waals surface area contributed by atoms with E-state index < -0.39 is 6.04 Å². The predicted molar refractivity (Wildman–Crippen MR) is 64.5 cm³/mol. The first-order valence-corrected chi connectivity index (χ1v) is 6.30. The Morgan fingerprint density at radius 3 is 2.67 bits per heavy atom. The molecule has 0 aromatic heterocycles. The zero-order valence-electron chi connectivity index (χ0n) is 10.7. The summed E-state index contributed by atoms with van der Waals surface area (Å²) < 4.78 is 0. The van der Waals surface area contributed by atoms with Gasteiger partial charge in [0.2, 0.25) is 11.8 Å². The number of likely N-dealkylation sites (N-methyl/N-ethyl adjacent to an activating group) is 1. The predicted octanol–water partition coefficient (Wildman–Crippen LogP) is -0.894. The van der Waals surface area contributed by atoms with Gasteiger partial charge in [-0.25, -0.2) is 0 Å². The van der Waals surface area contributed by atoms with Crippen LogP contribution in [0.5, 0.6) is 0 Å². The van der Waals surface area contributed by atoms with E-state index in [1.165, 1.54) is 7.05 Å². The van der Waals surface area contributed by atoms with Crippen molar-refractivity contribution in [2.45, 2.75) is 25.8 Å². The molecule has 0 radical (unpaired) electrons. The van der Waals surface area contributed by atoms with Crippen molar-refractivity contribution in [3.63, 3.8) is 0 Å². The molecule has 0 aliphatic carbocycles. The van der Waals surface area contributed by atoms with Gasteiger partial charge in [-0.05, 0) is 18.9 Å². The molecule has 2 aliphatic heterocycles. The Balaban J connectivity index is 1.91. The number of hydrogen-bond donors (Lipinski definition) is 2. The summed E-state index contributed by atoms with van der Waals surface area (Å²) >= 11 is 0. The lowest BCUT2D eigenvalue weighted by Crippen LogP contribution is -2.48. The van der Waals surface area contributed by atoms with E-state index >= 15 is 0 Å². The average molecular weight is 253 g/mol. The standard InChI is InChI=1S/C12H19N3O3/c1-7-3-8(6-13-5-7)11(17)14-9-4-10(16)15(2)12(9)18/h7-9,13H,3-6H2,1-2H3,(H,14,17). The number of carbonyl (C=O) groups excluding carboxylic acids is 3. The fourth-order valence-corrected chi connectivity index (χ4v) is 2.51. The van der Waals surface area contributed by atoms with Gasteiger partial charge in [-0.3, -0.25) is 19.3 Å². The summed E-state index contributed by atoms with van der Waals surface area (Å²) in [6.07, 6.45) is 0.903. The van der Waals surface area contributed by atoms with Gasteiger partial charge in [0.1, 0.15) is 6.04 Å². The summed E-state index contributed by atoms with van der Waals surface area (Å²) in [7, 11) is 1.45. The maximum atomic E-state index is 12.0. The zero-order valence-corrected chi connectivity index (χ0v) is 10.7. The molecule has 2 N–H and O–H groups in total. The SMILES string of the molecule is CC1CNCC(C(=O)NC2CC(=O)N(C)C2=O)C1. The number of carbonyl (C=O) groups is 3. The van der Waals surface area contributed by atoms with Crippen LogP contribution in [0.2, 0.25) is 0 Å². The van der Waals surface area contributed by atoms with Gasteiger partial charge in [-0.1, -0.05) is 6.92 Å². The third-order valence-corrected chi connectivity index (χ3v) is 3.64. The first-order valence-electron chi connectivity index (χ1n) is 6.30. The van der Waals surface area contributed by atoms with Crippen molar-refractivity contribution in [2.24, 2.45) is 11.8 Å². The van der Waals surface area contributed by atoms with Crippen LogP contribution < -0.4 is 10.6 Å². The highest BCUT2D eigenvalue weighted by atomic mass is 16.2. The van der Waals surface area contributed by atoms with E-state index in [-0.39, 0.29) is 30.1 Å². The van der Waals surface area contributed by atoms with Crippen molar-refractivity contribution in [3.8, 4) is 0 Å². The highest BCUT2D eigenvalue weighted by Crippen LogP contribution is 2.17. The Hall–Kier alpha value is -1.43. The van der Waals surface area contributed by atoms with Gasteiger partial charge in [-0.15, -0.1) is 0 Å². The molecular formula is C12H19N3O3. The zero-order chi connectivity index (χ0) is 13.3. The summed E-state index contributed by atoms with van der Waals surface area (Å²) in [5.41, 5.74) is 0. The fraction of sp³-hybridized carbons (Fsp3) is 0.750. The van der Waals surface area contributed by atoms with Crippen LogP contribution in [-0.4, -0.2) is 48.8 Å². The molecule has 0 bridgehead atoms. The van der Waals surface area contributed by atoms with Crippen LogP contribution in [0.15, 0.2) is 0 Å². The molecule has 2 heterocycles. The quantitative estimate of drug-likeness (QED) is 0.626. The number of imide groups is 1. The maximum absolute atomic E-state index is 12.0. The summed E-state index contributed by atoms with van der Waals surface area (Å²) in [4.78, 5) is 36.1. The topological polar surface area (TPSA) is 78.5 Å². The molecule has 2 rings (SSSR count). The van der Waals surface area contributed by atoms with Crippen molar-refractivity contribution in [1.29, 1.82) is 0 Å². The lowest BCUT2D eigenvalue weighted by atomic mass is 9.91. The van der Waals surface area contributed by atoms with E-state index in [1.54, 1.807) is 0 Å². The average Bonchev–Trinajstić information content (AvgIpc) is 2.57. The van der Waals surface area contributed by atoms with Crippen LogP contribution in [-0.2, 0) is 14.4 Å². The lowest BCUT2D eigenvalue weighted by molar-refractivity contribution is -0.138. The van der Waals surface area contributed by atoms with Crippen molar-refractivity contribution in [1.82, 2.24) is 15.5 Å². The van der Waals surface area contributed by atoms with Crippen molar-refractivity contribution in [3.05, 3.63) is 0 Å². The van der Waals surface area contributed by atoms with Crippen LogP contribution in [0.4, 0.5) is 0 Å². The minimum Gasteiger partial charge on any atom is -0.343 e. The van der Waals surface area contributed by atoms with E-state index in [0.717, 1.165) is 17.9 Å². The normalized spacial score (nSPS) is 32.8. The van der Waals surface area contributed by atoms with Gasteiger partial charge >= 0.3 is 0 Å². The molecule has 0 spiro atoms. The summed E-state index contributed by atoms with van der Waals surface area (Å²) in [6, 6.07) is -0.674. The number of rotatable bonds is 2. The molecule has 6 nitrogen and oxygen atoms in total. The maximum Gasteiger partial charge on any atom is 0.252 e. The minimum absolute atomic E-state index is 0.0801. The van der Waals surface area contributed by atoms with E-state index in [2.05, 4.69) is 17.6 Å². The minimum atomic E-state index is -0.674. The second kappa shape index (κ2) is 5.06. The molecule has 3 amide bonds. The van der Waals surface area contributed by atoms with E-state index in [1.807, 2.05) is 0 Å². The Labute approximate surface area is 106 Å². The first kappa shape index (κ1) is 13.0. The highest BCUT2D eigenvalue weighted by molar-refractivity contribution is 6.06. The third kappa shape index (κ3) is 2.53. The molecule has 18 heavy (non-hydrogen) atoms. The van der Waals surface area contributed by atoms with E-state index in [9.17, 15) is 14.4 Å². The van der Waals surface area contributed by atoms with Gasteiger partial charge < -0.3 is 10.6 Å². The fourth-order valence-electron chi connectivity index (χ4n) is 2.51. The Kier molecular flexibility index (Phi) is 3.65. The monoisotopic (exact) mass is 253 g/mol. The largest absolute Gasteiger partial charge is 0.343 e. The molecular weight excluding hydrogens is 234 g/mol. The second-order valence-corrected chi connectivity index (χ2v) is 5.25. The van der Waals surface area contributed by atoms with Crippen molar-refractivity contribution in [2.75, 3.05) is 20.1 Å². The van der Waals surface area contributed by atoms with E-state index in [0.29, 0.717) is 12.5 Å². The van der Waals surface area contributed by atoms with Gasteiger partial charge in [-0.2, -0.15) is 0 Å². The summed E-state index contributed by atoms with van der Waals surface area (Å²) in [5, 5.41) is 5.88. The van der Waals surface area contributed by atoms with Gasteiger partial charge in [0, 0.05) is 13.6 Å². The van der Waals surface area contributed by atoms with E-state index in [4.69, 9.17) is 0 Å². The molecule has 0 aromatic carbocycles. The molecule has 3 atom stereocenters. The number of piperidine rings is 1. The summed E-state index contributed by atoms with van der Waals surface area (Å²) in [5.74, 6) is -0.332. The Morgan fingerprint density at radius 1 is 1.39 bits per heavy atom. The molecule has 100 valence electrons. The van der Waals surface area contributed by atoms with Crippen LogP contribution in [0.3, 0.4) is 0 Å². The molecule has 6 heteroatoms. The Bertz CT molecular complexity index is 383. The molecule has 2 fully saturated rings. The number of likely N-dealkylation sites (tertiary alicyclic amines) is 1. The highest BCUT2D eigenvalue weighted by Gasteiger charge is 2.38. The molecule has 0 saturated carbocycles. The Morgan fingerprint density at radius 2 is 2.11 bits per heavy atom. The first-order chi connectivity index (χ1) is 8.49. The van der Waals surface area contributed by atoms with Crippen LogP contribution in [0.25, 0.3) is 0 Å². The summed E-state index contributed by atoms with van der Waals surface area (Å²) in [6.45, 7) is 3.65. The number of amides is 3. The molecule has 0 aromatic rings. The number of nitrogens with zero attached hydrogens (tertiary/aromatic N) is 1. The van der Waals surface area contributed by atoms with Gasteiger partial charge in [0.25, 0.3) is 5.91 Å².